The van der Waals surface area contributed by atoms with E-state index in [1.54, 1.807) is 12.1 Å². The Morgan fingerprint density at radius 3 is 2.57 bits per heavy atom. The molecule has 0 unspecified atom stereocenters. The van der Waals surface area contributed by atoms with Crippen LogP contribution in [0.5, 0.6) is 11.5 Å². The van der Waals surface area contributed by atoms with Crippen LogP contribution in [0.2, 0.25) is 0 Å². The first-order chi connectivity index (χ1) is 13.3. The summed E-state index contributed by atoms with van der Waals surface area (Å²) >= 11 is 0. The van der Waals surface area contributed by atoms with Crippen LogP contribution in [0, 0.1) is 0 Å². The third kappa shape index (κ3) is 6.12. The van der Waals surface area contributed by atoms with Gasteiger partial charge >= 0.3 is 5.97 Å². The van der Waals surface area contributed by atoms with Gasteiger partial charge in [-0.1, -0.05) is 6.92 Å². The van der Waals surface area contributed by atoms with E-state index in [4.69, 9.17) is 14.2 Å². The Labute approximate surface area is 165 Å². The second-order valence-corrected chi connectivity index (χ2v) is 8.83. The fourth-order valence-electron chi connectivity index (χ4n) is 2.74. The van der Waals surface area contributed by atoms with Gasteiger partial charge in [-0.3, -0.25) is 4.79 Å². The second kappa shape index (κ2) is 9.77. The summed E-state index contributed by atoms with van der Waals surface area (Å²) in [5.41, 5.74) is 0.232. The van der Waals surface area contributed by atoms with Crippen LogP contribution in [0.3, 0.4) is 0 Å². The Bertz CT molecular complexity index is 807. The van der Waals surface area contributed by atoms with Crippen molar-refractivity contribution in [2.45, 2.75) is 45.8 Å². The molecule has 2 rings (SSSR count). The standard InChI is InChI=1S/C19H27NO7S/c1-4-9-26-16-7-6-14(11-17(16)25-5-2)19(22)27-13(3)18(21)20-15-8-10-28(23,24)12-15/h6-7,11,13,15H,4-5,8-10,12H2,1-3H3,(H,20,21)/t13-,15-/m1/s1. The first-order valence-corrected chi connectivity index (χ1v) is 11.2. The van der Waals surface area contributed by atoms with Crippen LogP contribution in [0.4, 0.5) is 0 Å². The monoisotopic (exact) mass is 413 g/mol. The summed E-state index contributed by atoms with van der Waals surface area (Å²) in [4.78, 5) is 24.6. The van der Waals surface area contributed by atoms with Gasteiger partial charge in [-0.2, -0.15) is 0 Å². The van der Waals surface area contributed by atoms with Gasteiger partial charge < -0.3 is 19.5 Å². The van der Waals surface area contributed by atoms with Crippen molar-refractivity contribution in [2.75, 3.05) is 24.7 Å². The minimum atomic E-state index is -3.10. The summed E-state index contributed by atoms with van der Waals surface area (Å²) in [7, 11) is -3.10. The van der Waals surface area contributed by atoms with Crippen LogP contribution in [0.15, 0.2) is 18.2 Å². The van der Waals surface area contributed by atoms with E-state index in [2.05, 4.69) is 5.32 Å². The number of amides is 1. The number of nitrogens with one attached hydrogen (secondary N) is 1. The number of benzene rings is 1. The highest BCUT2D eigenvalue weighted by Gasteiger charge is 2.30. The molecule has 2 atom stereocenters. The summed E-state index contributed by atoms with van der Waals surface area (Å²) in [6.07, 6.45) is 0.151. The molecule has 1 N–H and O–H groups in total. The molecule has 1 amide bonds. The summed E-state index contributed by atoms with van der Waals surface area (Å²) in [6, 6.07) is 4.25. The van der Waals surface area contributed by atoms with E-state index in [9.17, 15) is 18.0 Å². The second-order valence-electron chi connectivity index (χ2n) is 6.60. The van der Waals surface area contributed by atoms with E-state index in [1.807, 2.05) is 13.8 Å². The SMILES string of the molecule is CCCOc1ccc(C(=O)O[C@H](C)C(=O)N[C@@H]2CCS(=O)(=O)C2)cc1OCC. The van der Waals surface area contributed by atoms with Gasteiger partial charge in [-0.15, -0.1) is 0 Å². The normalized spacial score (nSPS) is 18.9. The van der Waals surface area contributed by atoms with Crippen LogP contribution < -0.4 is 14.8 Å². The molecule has 0 aromatic heterocycles. The van der Waals surface area contributed by atoms with E-state index in [1.165, 1.54) is 13.0 Å². The molecule has 0 radical (unpaired) electrons. The van der Waals surface area contributed by atoms with E-state index in [0.717, 1.165) is 6.42 Å². The molecule has 0 saturated carbocycles. The maximum Gasteiger partial charge on any atom is 0.339 e. The number of carbonyl (C=O) groups is 2. The fourth-order valence-corrected chi connectivity index (χ4v) is 4.42. The molecule has 9 heteroatoms. The third-order valence-electron chi connectivity index (χ3n) is 4.17. The van der Waals surface area contributed by atoms with Crippen molar-refractivity contribution in [1.29, 1.82) is 0 Å². The Balaban J connectivity index is 1.98. The van der Waals surface area contributed by atoms with Crippen LogP contribution in [0.25, 0.3) is 0 Å². The molecule has 156 valence electrons. The molecule has 0 bridgehead atoms. The maximum atomic E-state index is 12.4. The van der Waals surface area contributed by atoms with Gasteiger partial charge in [0.2, 0.25) is 0 Å². The minimum absolute atomic E-state index is 0.0543. The predicted octanol–water partition coefficient (Wildman–Crippen LogP) is 1.72. The molecule has 28 heavy (non-hydrogen) atoms. The van der Waals surface area contributed by atoms with Crippen LogP contribution in [0.1, 0.15) is 44.0 Å². The van der Waals surface area contributed by atoms with Crippen molar-refractivity contribution < 1.29 is 32.2 Å². The number of rotatable bonds is 9. The molecule has 1 aliphatic rings. The van der Waals surface area contributed by atoms with Crippen molar-refractivity contribution in [2.24, 2.45) is 0 Å². The summed E-state index contributed by atoms with van der Waals surface area (Å²) in [6.45, 7) is 6.19. The van der Waals surface area contributed by atoms with Crippen molar-refractivity contribution >= 4 is 21.7 Å². The first-order valence-electron chi connectivity index (χ1n) is 9.37. The summed E-state index contributed by atoms with van der Waals surface area (Å²) < 4.78 is 39.3. The number of esters is 1. The lowest BCUT2D eigenvalue weighted by molar-refractivity contribution is -0.129. The van der Waals surface area contributed by atoms with Crippen molar-refractivity contribution in [3.05, 3.63) is 23.8 Å². The van der Waals surface area contributed by atoms with Crippen LogP contribution in [-0.4, -0.2) is 57.2 Å². The molecule has 1 saturated heterocycles. The van der Waals surface area contributed by atoms with E-state index >= 15 is 0 Å². The molecular formula is C19H27NO7S. The lowest BCUT2D eigenvalue weighted by atomic mass is 10.2. The number of hydrogen-bond donors (Lipinski definition) is 1. The highest BCUT2D eigenvalue weighted by Crippen LogP contribution is 2.29. The number of carbonyl (C=O) groups excluding carboxylic acids is 2. The van der Waals surface area contributed by atoms with Gasteiger partial charge in [-0.05, 0) is 44.9 Å². The smallest absolute Gasteiger partial charge is 0.339 e. The number of ether oxygens (including phenoxy) is 3. The lowest BCUT2D eigenvalue weighted by Gasteiger charge is -2.17. The molecule has 8 nitrogen and oxygen atoms in total. The Morgan fingerprint density at radius 1 is 1.21 bits per heavy atom. The lowest BCUT2D eigenvalue weighted by Crippen LogP contribution is -2.42. The average Bonchev–Trinajstić information content (AvgIpc) is 2.99. The summed E-state index contributed by atoms with van der Waals surface area (Å²) in [5, 5.41) is 2.62. The molecule has 1 aromatic rings. The zero-order chi connectivity index (χ0) is 20.7. The fraction of sp³-hybridized carbons (Fsp3) is 0.579. The largest absolute Gasteiger partial charge is 0.490 e. The van der Waals surface area contributed by atoms with Crippen LogP contribution >= 0.6 is 0 Å². The van der Waals surface area contributed by atoms with Crippen LogP contribution in [-0.2, 0) is 19.4 Å². The first kappa shape index (κ1) is 22.0. The van der Waals surface area contributed by atoms with Gasteiger partial charge in [-0.25, -0.2) is 13.2 Å². The van der Waals surface area contributed by atoms with Gasteiger partial charge in [0.15, 0.2) is 27.4 Å². The van der Waals surface area contributed by atoms with Gasteiger partial charge in [0.05, 0.1) is 30.3 Å². The molecule has 0 spiro atoms. The van der Waals surface area contributed by atoms with Gasteiger partial charge in [0, 0.05) is 6.04 Å². The topological polar surface area (TPSA) is 108 Å². The molecular weight excluding hydrogens is 386 g/mol. The summed E-state index contributed by atoms with van der Waals surface area (Å²) in [5.74, 6) is -0.269. The molecule has 1 fully saturated rings. The predicted molar refractivity (Wildman–Crippen MR) is 103 cm³/mol. The molecule has 0 aliphatic carbocycles. The highest BCUT2D eigenvalue weighted by molar-refractivity contribution is 7.91. The zero-order valence-electron chi connectivity index (χ0n) is 16.4. The van der Waals surface area contributed by atoms with E-state index in [0.29, 0.717) is 31.1 Å². The Morgan fingerprint density at radius 2 is 1.96 bits per heavy atom. The van der Waals surface area contributed by atoms with Crippen molar-refractivity contribution in [1.82, 2.24) is 5.32 Å². The maximum absolute atomic E-state index is 12.4. The molecule has 1 aromatic carbocycles. The van der Waals surface area contributed by atoms with Crippen molar-refractivity contribution in [3.8, 4) is 11.5 Å². The van der Waals surface area contributed by atoms with Crippen molar-refractivity contribution in [3.63, 3.8) is 0 Å². The quantitative estimate of drug-likeness (QED) is 0.614. The van der Waals surface area contributed by atoms with Gasteiger partial charge in [0.25, 0.3) is 5.91 Å². The molecule has 1 heterocycles. The number of hydrogen-bond acceptors (Lipinski definition) is 7. The third-order valence-corrected chi connectivity index (χ3v) is 5.94. The number of sulfone groups is 1. The Hall–Kier alpha value is -2.29. The van der Waals surface area contributed by atoms with E-state index < -0.39 is 33.9 Å². The van der Waals surface area contributed by atoms with Gasteiger partial charge in [0.1, 0.15) is 0 Å². The van der Waals surface area contributed by atoms with E-state index in [-0.39, 0.29) is 17.1 Å². The minimum Gasteiger partial charge on any atom is -0.490 e. The zero-order valence-corrected chi connectivity index (χ0v) is 17.2. The molecule has 1 aliphatic heterocycles. The average molecular weight is 413 g/mol. The highest BCUT2D eigenvalue weighted by atomic mass is 32.2. The Kier molecular flexibility index (Phi) is 7.68.